The molecule has 0 amide bonds. The average Bonchev–Trinajstić information content (AvgIpc) is 2.51. The van der Waals surface area contributed by atoms with Gasteiger partial charge in [-0.2, -0.15) is 5.10 Å². The van der Waals surface area contributed by atoms with Crippen LogP contribution >= 0.6 is 0 Å². The van der Waals surface area contributed by atoms with E-state index in [-0.39, 0.29) is 6.04 Å². The van der Waals surface area contributed by atoms with Crippen LogP contribution in [-0.4, -0.2) is 20.9 Å². The van der Waals surface area contributed by atoms with E-state index in [0.29, 0.717) is 0 Å². The zero-order chi connectivity index (χ0) is 12.5. The van der Waals surface area contributed by atoms with Gasteiger partial charge in [-0.25, -0.2) is 0 Å². The number of hydrogen-bond acceptors (Lipinski definition) is 2. The lowest BCUT2D eigenvalue weighted by atomic mass is 10.0. The second kappa shape index (κ2) is 4.68. The van der Waals surface area contributed by atoms with Crippen molar-refractivity contribution in [2.45, 2.75) is 47.1 Å². The molecule has 0 aliphatic carbocycles. The number of carboxylic acid groups (broad SMARTS) is 1. The molecule has 1 N–H and O–H groups in total. The van der Waals surface area contributed by atoms with E-state index in [9.17, 15) is 4.79 Å². The summed E-state index contributed by atoms with van der Waals surface area (Å²) < 4.78 is 1.84. The number of aryl methyl sites for hydroxylation is 1. The lowest BCUT2D eigenvalue weighted by molar-refractivity contribution is -0.142. The van der Waals surface area contributed by atoms with E-state index in [1.165, 1.54) is 5.56 Å². The molecule has 0 fully saturated rings. The monoisotopic (exact) mass is 224 g/mol. The summed E-state index contributed by atoms with van der Waals surface area (Å²) in [5, 5.41) is 13.4. The molecule has 1 heterocycles. The molecule has 16 heavy (non-hydrogen) atoms. The summed E-state index contributed by atoms with van der Waals surface area (Å²) in [5.74, 6) is -1.21. The third-order valence-corrected chi connectivity index (χ3v) is 3.33. The molecule has 4 heteroatoms. The molecule has 0 aliphatic rings. The van der Waals surface area contributed by atoms with Gasteiger partial charge in [-0.05, 0) is 39.7 Å². The van der Waals surface area contributed by atoms with Crippen LogP contribution < -0.4 is 0 Å². The number of nitrogens with zero attached hydrogens (tertiary/aromatic N) is 2. The Morgan fingerprint density at radius 2 is 2.00 bits per heavy atom. The van der Waals surface area contributed by atoms with Gasteiger partial charge in [-0.3, -0.25) is 9.48 Å². The van der Waals surface area contributed by atoms with Crippen LogP contribution in [-0.2, 0) is 11.2 Å². The summed E-state index contributed by atoms with van der Waals surface area (Å²) in [4.78, 5) is 10.9. The molecular weight excluding hydrogens is 204 g/mol. The molecule has 2 unspecified atom stereocenters. The van der Waals surface area contributed by atoms with Gasteiger partial charge in [-0.15, -0.1) is 0 Å². The minimum absolute atomic E-state index is 0.114. The first-order valence-electron chi connectivity index (χ1n) is 5.67. The highest BCUT2D eigenvalue weighted by Gasteiger charge is 2.24. The lowest BCUT2D eigenvalue weighted by Crippen LogP contribution is -2.23. The quantitative estimate of drug-likeness (QED) is 0.854. The highest BCUT2D eigenvalue weighted by Crippen LogP contribution is 2.23. The molecule has 0 spiro atoms. The Hall–Kier alpha value is -1.32. The van der Waals surface area contributed by atoms with Gasteiger partial charge in [0.15, 0.2) is 0 Å². The maximum atomic E-state index is 10.9. The van der Waals surface area contributed by atoms with E-state index in [0.717, 1.165) is 17.8 Å². The summed E-state index contributed by atoms with van der Waals surface area (Å²) in [6.07, 6.45) is 0.936. The fourth-order valence-electron chi connectivity index (χ4n) is 2.02. The number of carbonyl (C=O) groups is 1. The first-order chi connectivity index (χ1) is 7.40. The predicted octanol–water partition coefficient (Wildman–Crippen LogP) is 2.34. The Bertz CT molecular complexity index is 396. The smallest absolute Gasteiger partial charge is 0.308 e. The van der Waals surface area contributed by atoms with Gasteiger partial charge in [-0.1, -0.05) is 6.92 Å². The normalized spacial score (nSPS) is 14.8. The summed E-state index contributed by atoms with van der Waals surface area (Å²) in [7, 11) is 0. The minimum Gasteiger partial charge on any atom is -0.481 e. The minimum atomic E-state index is -0.780. The van der Waals surface area contributed by atoms with Crippen LogP contribution in [0.15, 0.2) is 0 Å². The van der Waals surface area contributed by atoms with Gasteiger partial charge in [0.25, 0.3) is 0 Å². The van der Waals surface area contributed by atoms with Crippen LogP contribution in [0.1, 0.15) is 43.8 Å². The Balaban J connectivity index is 3.09. The van der Waals surface area contributed by atoms with Gasteiger partial charge in [0.05, 0.1) is 17.7 Å². The number of aliphatic carboxylic acids is 1. The van der Waals surface area contributed by atoms with E-state index in [1.54, 1.807) is 6.92 Å². The maximum Gasteiger partial charge on any atom is 0.308 e. The zero-order valence-electron chi connectivity index (χ0n) is 10.6. The predicted molar refractivity (Wildman–Crippen MR) is 62.6 cm³/mol. The molecule has 1 aromatic rings. The molecule has 0 radical (unpaired) electrons. The second-order valence-corrected chi connectivity index (χ2v) is 4.32. The third-order valence-electron chi connectivity index (χ3n) is 3.33. The number of hydrogen-bond donors (Lipinski definition) is 1. The molecule has 1 rings (SSSR count). The number of aromatic nitrogens is 2. The fourth-order valence-corrected chi connectivity index (χ4v) is 2.02. The van der Waals surface area contributed by atoms with Crippen LogP contribution in [0.3, 0.4) is 0 Å². The molecule has 1 aromatic heterocycles. The summed E-state index contributed by atoms with van der Waals surface area (Å²) in [6.45, 7) is 9.68. The number of carboxylic acids is 1. The van der Waals surface area contributed by atoms with Crippen LogP contribution in [0.25, 0.3) is 0 Å². The Kier molecular flexibility index (Phi) is 3.73. The van der Waals surface area contributed by atoms with Crippen molar-refractivity contribution in [3.05, 3.63) is 17.0 Å². The largest absolute Gasteiger partial charge is 0.481 e. The first-order valence-corrected chi connectivity index (χ1v) is 5.67. The standard InChI is InChI=1S/C12H20N2O2/c1-6-11-8(3)13-14(10(11)5)9(4)7(2)12(15)16/h7,9H,6H2,1-5H3,(H,15,16). The van der Waals surface area contributed by atoms with Gasteiger partial charge in [0, 0.05) is 5.69 Å². The molecular formula is C12H20N2O2. The van der Waals surface area contributed by atoms with Crippen molar-refractivity contribution in [3.8, 4) is 0 Å². The van der Waals surface area contributed by atoms with Crippen LogP contribution in [0, 0.1) is 19.8 Å². The third kappa shape index (κ3) is 2.10. The topological polar surface area (TPSA) is 55.1 Å². The molecule has 0 aromatic carbocycles. The molecule has 0 saturated heterocycles. The van der Waals surface area contributed by atoms with Crippen molar-refractivity contribution >= 4 is 5.97 Å². The second-order valence-electron chi connectivity index (χ2n) is 4.32. The summed E-state index contributed by atoms with van der Waals surface area (Å²) in [6, 6.07) is -0.114. The average molecular weight is 224 g/mol. The Morgan fingerprint density at radius 3 is 2.38 bits per heavy atom. The van der Waals surface area contributed by atoms with Gasteiger partial charge < -0.3 is 5.11 Å². The summed E-state index contributed by atoms with van der Waals surface area (Å²) in [5.41, 5.74) is 3.31. The van der Waals surface area contributed by atoms with E-state index in [2.05, 4.69) is 12.0 Å². The maximum absolute atomic E-state index is 10.9. The molecule has 2 atom stereocenters. The van der Waals surface area contributed by atoms with Crippen LogP contribution in [0.2, 0.25) is 0 Å². The molecule has 0 bridgehead atoms. The lowest BCUT2D eigenvalue weighted by Gasteiger charge is -2.18. The summed E-state index contributed by atoms with van der Waals surface area (Å²) >= 11 is 0. The van der Waals surface area contributed by atoms with E-state index >= 15 is 0 Å². The van der Waals surface area contributed by atoms with E-state index in [1.807, 2.05) is 25.5 Å². The van der Waals surface area contributed by atoms with E-state index < -0.39 is 11.9 Å². The van der Waals surface area contributed by atoms with Crippen molar-refractivity contribution in [3.63, 3.8) is 0 Å². The Labute approximate surface area is 96.3 Å². The van der Waals surface area contributed by atoms with Gasteiger partial charge in [0.2, 0.25) is 0 Å². The van der Waals surface area contributed by atoms with Crippen molar-refractivity contribution in [2.24, 2.45) is 5.92 Å². The highest BCUT2D eigenvalue weighted by molar-refractivity contribution is 5.70. The van der Waals surface area contributed by atoms with Crippen molar-refractivity contribution < 1.29 is 9.90 Å². The van der Waals surface area contributed by atoms with Crippen LogP contribution in [0.4, 0.5) is 0 Å². The number of rotatable bonds is 4. The van der Waals surface area contributed by atoms with Gasteiger partial charge in [0.1, 0.15) is 0 Å². The Morgan fingerprint density at radius 1 is 1.44 bits per heavy atom. The van der Waals surface area contributed by atoms with Crippen molar-refractivity contribution in [2.75, 3.05) is 0 Å². The fraction of sp³-hybridized carbons (Fsp3) is 0.667. The highest BCUT2D eigenvalue weighted by atomic mass is 16.4. The molecule has 0 saturated carbocycles. The van der Waals surface area contributed by atoms with E-state index in [4.69, 9.17) is 5.11 Å². The molecule has 0 aliphatic heterocycles. The first kappa shape index (κ1) is 12.7. The van der Waals surface area contributed by atoms with Crippen molar-refractivity contribution in [1.29, 1.82) is 0 Å². The molecule has 4 nitrogen and oxygen atoms in total. The SMILES string of the molecule is CCc1c(C)nn(C(C)C(C)C(=O)O)c1C. The van der Waals surface area contributed by atoms with Crippen LogP contribution in [0.5, 0.6) is 0 Å². The van der Waals surface area contributed by atoms with Crippen molar-refractivity contribution in [1.82, 2.24) is 9.78 Å². The zero-order valence-corrected chi connectivity index (χ0v) is 10.6. The van der Waals surface area contributed by atoms with Gasteiger partial charge >= 0.3 is 5.97 Å². The molecule has 90 valence electrons.